The Morgan fingerprint density at radius 1 is 0.968 bits per heavy atom. The highest BCUT2D eigenvalue weighted by Crippen LogP contribution is 2.38. The van der Waals surface area contributed by atoms with Crippen LogP contribution in [0.25, 0.3) is 22.3 Å². The number of ether oxygens (including phenoxy) is 1. The fraction of sp³-hybridized carbons (Fsp3) is 0.447. The van der Waals surface area contributed by atoms with E-state index in [1.807, 2.05) is 60.7 Å². The summed E-state index contributed by atoms with van der Waals surface area (Å²) in [6.07, 6.45) is 4.83. The third kappa shape index (κ3) is 8.29. The number of aryl methyl sites for hydroxylation is 3. The number of pyridine rings is 1. The van der Waals surface area contributed by atoms with Gasteiger partial charge in [0.05, 0.1) is 35.9 Å². The number of amides is 4. The number of urea groups is 1. The number of phenols is 1. The van der Waals surface area contributed by atoms with Gasteiger partial charge in [-0.25, -0.2) is 14.2 Å². The molecule has 7 heterocycles. The number of benzene rings is 2. The molecule has 9 rings (SSSR count). The number of carbonyl (C=O) groups excluding carboxylic acids is 3. The monoisotopic (exact) mass is 858 g/mol. The van der Waals surface area contributed by atoms with E-state index in [1.165, 1.54) is 4.90 Å². The highest BCUT2D eigenvalue weighted by molar-refractivity contribution is 6.06. The summed E-state index contributed by atoms with van der Waals surface area (Å²) in [6.45, 7) is 12.5. The first-order chi connectivity index (χ1) is 30.3. The molecule has 4 aliphatic rings. The van der Waals surface area contributed by atoms with Crippen molar-refractivity contribution < 1.29 is 28.6 Å². The summed E-state index contributed by atoms with van der Waals surface area (Å²) in [6, 6.07) is 14.1. The minimum absolute atomic E-state index is 0.0110. The lowest BCUT2D eigenvalue weighted by Crippen LogP contribution is -2.49. The lowest BCUT2D eigenvalue weighted by Gasteiger charge is -2.40. The van der Waals surface area contributed by atoms with Crippen molar-refractivity contribution in [2.45, 2.75) is 77.7 Å². The molecule has 63 heavy (non-hydrogen) atoms. The highest BCUT2D eigenvalue weighted by atomic mass is 19.1. The molecule has 330 valence electrons. The number of aromatic hydroxyl groups is 1. The lowest BCUT2D eigenvalue weighted by atomic mass is 9.92. The molecule has 4 saturated heterocycles. The summed E-state index contributed by atoms with van der Waals surface area (Å²) in [5.41, 5.74) is 14.1. The normalized spacial score (nSPS) is 22.8. The number of rotatable bonds is 8. The number of para-hydroxylation sites is 1. The van der Waals surface area contributed by atoms with Crippen molar-refractivity contribution >= 4 is 46.1 Å². The maximum absolute atomic E-state index is 16.1. The van der Waals surface area contributed by atoms with Crippen LogP contribution in [0.5, 0.6) is 5.75 Å². The van der Waals surface area contributed by atoms with Crippen LogP contribution in [-0.4, -0.2) is 117 Å². The van der Waals surface area contributed by atoms with E-state index in [9.17, 15) is 19.5 Å². The van der Waals surface area contributed by atoms with E-state index in [-0.39, 0.29) is 48.7 Å². The number of nitrogens with two attached hydrogens (primary N) is 1. The molecule has 2 aromatic carbocycles. The molecule has 0 unspecified atom stereocenters. The molecule has 5 aromatic rings. The van der Waals surface area contributed by atoms with Crippen molar-refractivity contribution in [3.8, 4) is 17.0 Å². The molecule has 3 aromatic heterocycles. The number of alkyl halides is 1. The summed E-state index contributed by atoms with van der Waals surface area (Å²) in [5, 5.41) is 22.2. The second kappa shape index (κ2) is 17.2. The summed E-state index contributed by atoms with van der Waals surface area (Å²) >= 11 is 0. The van der Waals surface area contributed by atoms with Crippen LogP contribution in [0.3, 0.4) is 0 Å². The van der Waals surface area contributed by atoms with Gasteiger partial charge < -0.3 is 34.8 Å². The van der Waals surface area contributed by atoms with Crippen molar-refractivity contribution in [2.75, 3.05) is 68.0 Å². The number of likely N-dealkylation sites (tertiary alicyclic amines) is 2. The topological polar surface area (TPSA) is 175 Å². The van der Waals surface area contributed by atoms with Gasteiger partial charge in [0.1, 0.15) is 23.7 Å². The molecule has 0 spiro atoms. The predicted octanol–water partition coefficient (Wildman–Crippen LogP) is 6.26. The zero-order chi connectivity index (χ0) is 44.1. The maximum atomic E-state index is 16.1. The minimum atomic E-state index is -1.08. The van der Waals surface area contributed by atoms with E-state index in [2.05, 4.69) is 43.3 Å². The van der Waals surface area contributed by atoms with Gasteiger partial charge in [0.2, 0.25) is 5.91 Å². The van der Waals surface area contributed by atoms with E-state index in [0.717, 1.165) is 59.3 Å². The van der Waals surface area contributed by atoms with Gasteiger partial charge in [0.25, 0.3) is 5.91 Å². The van der Waals surface area contributed by atoms with Gasteiger partial charge in [-0.3, -0.25) is 19.8 Å². The molecule has 0 bridgehead atoms. The van der Waals surface area contributed by atoms with Crippen molar-refractivity contribution in [2.24, 2.45) is 5.92 Å². The zero-order valence-corrected chi connectivity index (χ0v) is 36.3. The minimum Gasteiger partial charge on any atom is -0.507 e. The van der Waals surface area contributed by atoms with Crippen molar-refractivity contribution in [1.29, 1.82) is 0 Å². The van der Waals surface area contributed by atoms with E-state index in [1.54, 1.807) is 24.4 Å². The van der Waals surface area contributed by atoms with E-state index >= 15 is 4.39 Å². The number of carbonyl (C=O) groups is 3. The van der Waals surface area contributed by atoms with E-state index in [0.29, 0.717) is 79.1 Å². The van der Waals surface area contributed by atoms with Crippen molar-refractivity contribution in [3.63, 3.8) is 0 Å². The van der Waals surface area contributed by atoms with Gasteiger partial charge >= 0.3 is 6.03 Å². The quantitative estimate of drug-likeness (QED) is 0.161. The van der Waals surface area contributed by atoms with Crippen molar-refractivity contribution in [3.05, 3.63) is 88.7 Å². The molecular weight excluding hydrogens is 804 g/mol. The van der Waals surface area contributed by atoms with E-state index < -0.39 is 12.2 Å². The number of aromatic nitrogens is 4. The standard InChI is InChI=1S/C47H55FN10O5/c1-27-18-36(28(2)17-34(27)42-25-57(30(4)26-63-42)40-20-38(52-53-44(40)49)33-7-5-6-8-41(33)59)46(61)55-14-9-31(10-15-55)23-54-13-11-39(37(48)24-54)58-22-29(3)35-19-32(21-50-45(35)58)56-16-12-43(60)51-47(56)62/h5-8,17-22,30-31,37,39,42,59H,9-16,23-26H2,1-4H3,(H2,49,53)(H,51,60,62)/t30-,37-,39+,42+/m1/s1. The second-order valence-corrected chi connectivity index (χ2v) is 17.8. The number of nitrogens with one attached hydrogen (secondary N) is 1. The Morgan fingerprint density at radius 3 is 2.52 bits per heavy atom. The second-order valence-electron chi connectivity index (χ2n) is 17.8. The lowest BCUT2D eigenvalue weighted by molar-refractivity contribution is -0.120. The molecule has 15 nitrogen and oxygen atoms in total. The van der Waals surface area contributed by atoms with Crippen LogP contribution in [0.2, 0.25) is 0 Å². The number of morpholine rings is 1. The fourth-order valence-electron chi connectivity index (χ4n) is 9.92. The van der Waals surface area contributed by atoms with Gasteiger partial charge in [0, 0.05) is 81.0 Å². The molecule has 4 atom stereocenters. The first-order valence-corrected chi connectivity index (χ1v) is 22.0. The van der Waals surface area contributed by atoms with Crippen LogP contribution in [-0.2, 0) is 9.53 Å². The number of anilines is 3. The molecule has 0 saturated carbocycles. The molecular formula is C47H55FN10O5. The van der Waals surface area contributed by atoms with Gasteiger partial charge in [-0.1, -0.05) is 18.2 Å². The van der Waals surface area contributed by atoms with Crippen LogP contribution in [0.15, 0.2) is 60.9 Å². The molecule has 0 radical (unpaired) electrons. The molecule has 0 aliphatic carbocycles. The average Bonchev–Trinajstić information content (AvgIpc) is 3.60. The number of piperidine rings is 2. The number of nitrogen functional groups attached to an aromatic ring is 1. The third-order valence-corrected chi connectivity index (χ3v) is 13.5. The number of nitrogens with zero attached hydrogens (tertiary/aromatic N) is 8. The molecule has 4 N–H and O–H groups in total. The summed E-state index contributed by atoms with van der Waals surface area (Å²) < 4.78 is 24.4. The SMILES string of the molecule is Cc1cc([C@@H]2CN(c3cc(-c4ccccc4O)nnc3N)[C@H](C)CO2)c(C)cc1C(=O)N1CCC(CN2CC[C@H](n3cc(C)c4cc(N5CCC(=O)NC5=O)cnc43)[C@H](F)C2)CC1. The molecule has 4 fully saturated rings. The molecule has 4 amide bonds. The van der Waals surface area contributed by atoms with Crippen LogP contribution < -0.4 is 20.9 Å². The Labute approximate surface area is 366 Å². The Balaban J connectivity index is 0.799. The number of hydrogen-bond donors (Lipinski definition) is 3. The Morgan fingerprint density at radius 2 is 1.76 bits per heavy atom. The van der Waals surface area contributed by atoms with Gasteiger partial charge in [-0.05, 0) is 105 Å². The molecule has 4 aliphatic heterocycles. The first kappa shape index (κ1) is 42.2. The van der Waals surface area contributed by atoms with Crippen LogP contribution in [0.4, 0.5) is 26.4 Å². The number of hydrogen-bond acceptors (Lipinski definition) is 11. The Hall–Kier alpha value is -6.13. The fourth-order valence-corrected chi connectivity index (χ4v) is 9.92. The average molecular weight is 859 g/mol. The smallest absolute Gasteiger partial charge is 0.328 e. The third-order valence-electron chi connectivity index (χ3n) is 13.5. The van der Waals surface area contributed by atoms with Crippen LogP contribution in [0.1, 0.15) is 77.4 Å². The zero-order valence-electron chi connectivity index (χ0n) is 36.3. The Kier molecular flexibility index (Phi) is 11.5. The summed E-state index contributed by atoms with van der Waals surface area (Å²) in [5.74, 6) is 0.526. The number of imide groups is 1. The highest BCUT2D eigenvalue weighted by Gasteiger charge is 2.35. The van der Waals surface area contributed by atoms with Gasteiger partial charge in [-0.2, -0.15) is 0 Å². The molecule has 16 heteroatoms. The number of fused-ring (bicyclic) bond motifs is 1. The predicted molar refractivity (Wildman–Crippen MR) is 239 cm³/mol. The van der Waals surface area contributed by atoms with Crippen LogP contribution in [0, 0.1) is 26.7 Å². The van der Waals surface area contributed by atoms with Crippen molar-refractivity contribution in [1.82, 2.24) is 34.9 Å². The largest absolute Gasteiger partial charge is 0.507 e. The summed E-state index contributed by atoms with van der Waals surface area (Å²) in [7, 11) is 0. The number of halogens is 1. The van der Waals surface area contributed by atoms with Gasteiger partial charge in [0.15, 0.2) is 5.82 Å². The maximum Gasteiger partial charge on any atom is 0.328 e. The van der Waals surface area contributed by atoms with Crippen LogP contribution >= 0.6 is 0 Å². The first-order valence-electron chi connectivity index (χ1n) is 22.0. The Bertz CT molecular complexity index is 2580. The van der Waals surface area contributed by atoms with E-state index in [4.69, 9.17) is 10.5 Å². The number of phenolic OH excluding ortho intramolecular Hbond substituents is 1. The summed E-state index contributed by atoms with van der Waals surface area (Å²) in [4.78, 5) is 50.7. The van der Waals surface area contributed by atoms with Gasteiger partial charge in [-0.15, -0.1) is 10.2 Å².